The van der Waals surface area contributed by atoms with E-state index in [0.717, 1.165) is 6.42 Å². The van der Waals surface area contributed by atoms with Gasteiger partial charge in [-0.05, 0) is 44.1 Å². The smallest absolute Gasteiger partial charge is 0.182 e. The molecule has 1 aliphatic carbocycles. The molecule has 0 N–H and O–H groups in total. The van der Waals surface area contributed by atoms with Gasteiger partial charge in [-0.15, -0.1) is 0 Å². The maximum atomic E-state index is 12.5. The van der Waals surface area contributed by atoms with Gasteiger partial charge in [0.15, 0.2) is 5.78 Å². The van der Waals surface area contributed by atoms with Crippen LogP contribution in [0.1, 0.15) is 64.7 Å². The molecule has 100 valence electrons. The molecule has 0 aromatic heterocycles. The molecular formula is C16H25NO. The largest absolute Gasteiger partial charge is 0.361 e. The second-order valence-corrected chi connectivity index (χ2v) is 6.33. The summed E-state index contributed by atoms with van der Waals surface area (Å²) in [6.07, 6.45) is 15.3. The molecule has 2 heteroatoms. The Kier molecular flexibility index (Phi) is 3.21. The normalized spacial score (nSPS) is 38.7. The predicted molar refractivity (Wildman–Crippen MR) is 73.2 cm³/mol. The van der Waals surface area contributed by atoms with Gasteiger partial charge in [-0.2, -0.15) is 0 Å². The molecular weight excluding hydrogens is 222 g/mol. The highest BCUT2D eigenvalue weighted by Gasteiger charge is 2.55. The van der Waals surface area contributed by atoms with Gasteiger partial charge in [-0.1, -0.05) is 32.6 Å². The van der Waals surface area contributed by atoms with Crippen molar-refractivity contribution in [1.82, 2.24) is 4.90 Å². The Balaban J connectivity index is 1.85. The molecule has 0 aromatic rings. The van der Waals surface area contributed by atoms with Gasteiger partial charge in [-0.25, -0.2) is 0 Å². The molecule has 3 atom stereocenters. The summed E-state index contributed by atoms with van der Waals surface area (Å²) in [4.78, 5) is 14.9. The second-order valence-electron chi connectivity index (χ2n) is 6.33. The summed E-state index contributed by atoms with van der Waals surface area (Å²) in [6.45, 7) is 2.26. The molecule has 2 heterocycles. The molecule has 0 amide bonds. The lowest BCUT2D eigenvalue weighted by atomic mass is 9.65. The topological polar surface area (TPSA) is 20.3 Å². The van der Waals surface area contributed by atoms with Crippen molar-refractivity contribution in [3.8, 4) is 0 Å². The van der Waals surface area contributed by atoms with E-state index >= 15 is 0 Å². The van der Waals surface area contributed by atoms with E-state index < -0.39 is 0 Å². The van der Waals surface area contributed by atoms with Gasteiger partial charge < -0.3 is 4.90 Å². The first kappa shape index (κ1) is 12.3. The van der Waals surface area contributed by atoms with Crippen molar-refractivity contribution in [1.29, 1.82) is 0 Å². The summed E-state index contributed by atoms with van der Waals surface area (Å²) < 4.78 is 0. The fourth-order valence-corrected chi connectivity index (χ4v) is 4.53. The Labute approximate surface area is 110 Å². The van der Waals surface area contributed by atoms with Crippen molar-refractivity contribution in [3.63, 3.8) is 0 Å². The molecule has 2 aliphatic heterocycles. The van der Waals surface area contributed by atoms with E-state index in [2.05, 4.69) is 18.0 Å². The monoisotopic (exact) mass is 247 g/mol. The number of carbonyl (C=O) groups excluding carboxylic acids is 1. The average molecular weight is 247 g/mol. The molecule has 0 aromatic carbocycles. The first-order valence-corrected chi connectivity index (χ1v) is 7.80. The summed E-state index contributed by atoms with van der Waals surface area (Å²) in [6, 6.07) is 0.627. The standard InChI is InChI=1S/C16H25NO/c1-2-3-7-14-9-8-13-6-4-5-11-16(13)15(18)10-12-17(14)16/h10,12-14H,2-9,11H2,1H3/t13-,14+,16-/m1/s1. The average Bonchev–Trinajstić information content (AvgIpc) is 2.73. The van der Waals surface area contributed by atoms with Crippen molar-refractivity contribution in [2.75, 3.05) is 0 Å². The zero-order valence-electron chi connectivity index (χ0n) is 11.5. The number of ketones is 1. The van der Waals surface area contributed by atoms with Gasteiger partial charge in [0.1, 0.15) is 5.54 Å². The Bertz CT molecular complexity index is 362. The number of carbonyl (C=O) groups is 1. The third-order valence-corrected chi connectivity index (χ3v) is 5.44. The van der Waals surface area contributed by atoms with Crippen LogP contribution in [0.4, 0.5) is 0 Å². The van der Waals surface area contributed by atoms with E-state index in [1.54, 1.807) is 0 Å². The lowest BCUT2D eigenvalue weighted by molar-refractivity contribution is -0.133. The summed E-state index contributed by atoms with van der Waals surface area (Å²) in [5.74, 6) is 1.04. The third-order valence-electron chi connectivity index (χ3n) is 5.44. The zero-order chi connectivity index (χ0) is 12.6. The first-order chi connectivity index (χ1) is 8.79. The number of nitrogens with zero attached hydrogens (tertiary/aromatic N) is 1. The molecule has 0 unspecified atom stereocenters. The minimum atomic E-state index is -0.102. The maximum Gasteiger partial charge on any atom is 0.182 e. The molecule has 3 rings (SSSR count). The highest BCUT2D eigenvalue weighted by molar-refractivity contribution is 6.00. The molecule has 0 bridgehead atoms. The number of hydrogen-bond donors (Lipinski definition) is 0. The summed E-state index contributed by atoms with van der Waals surface area (Å²) in [5, 5.41) is 0. The van der Waals surface area contributed by atoms with Crippen LogP contribution in [0.2, 0.25) is 0 Å². The fraction of sp³-hybridized carbons (Fsp3) is 0.812. The Morgan fingerprint density at radius 1 is 1.33 bits per heavy atom. The van der Waals surface area contributed by atoms with Crippen molar-refractivity contribution in [3.05, 3.63) is 12.3 Å². The van der Waals surface area contributed by atoms with Crippen LogP contribution in [0.25, 0.3) is 0 Å². The Hall–Kier alpha value is -0.790. The van der Waals surface area contributed by atoms with Crippen LogP contribution in [-0.4, -0.2) is 22.3 Å². The number of piperidine rings is 1. The van der Waals surface area contributed by atoms with Gasteiger partial charge in [-0.3, -0.25) is 4.79 Å². The third kappa shape index (κ3) is 1.64. The summed E-state index contributed by atoms with van der Waals surface area (Å²) in [5.41, 5.74) is -0.102. The summed E-state index contributed by atoms with van der Waals surface area (Å²) >= 11 is 0. The molecule has 1 saturated carbocycles. The van der Waals surface area contributed by atoms with Crippen LogP contribution in [-0.2, 0) is 4.79 Å². The molecule has 3 aliphatic rings. The van der Waals surface area contributed by atoms with E-state index in [-0.39, 0.29) is 5.54 Å². The van der Waals surface area contributed by atoms with Crippen LogP contribution < -0.4 is 0 Å². The van der Waals surface area contributed by atoms with E-state index in [9.17, 15) is 4.79 Å². The molecule has 0 radical (unpaired) electrons. The maximum absolute atomic E-state index is 12.5. The highest BCUT2D eigenvalue weighted by atomic mass is 16.1. The fourth-order valence-electron chi connectivity index (χ4n) is 4.53. The van der Waals surface area contributed by atoms with Crippen LogP contribution >= 0.6 is 0 Å². The predicted octanol–water partition coefficient (Wildman–Crippen LogP) is 3.67. The molecule has 2 fully saturated rings. The lowest BCUT2D eigenvalue weighted by Gasteiger charge is -2.54. The van der Waals surface area contributed by atoms with E-state index in [1.807, 2.05) is 6.08 Å². The van der Waals surface area contributed by atoms with Crippen molar-refractivity contribution >= 4 is 5.78 Å². The minimum absolute atomic E-state index is 0.102. The summed E-state index contributed by atoms with van der Waals surface area (Å²) in [7, 11) is 0. The quantitative estimate of drug-likeness (QED) is 0.758. The Morgan fingerprint density at radius 2 is 2.22 bits per heavy atom. The second kappa shape index (κ2) is 4.71. The number of rotatable bonds is 3. The minimum Gasteiger partial charge on any atom is -0.361 e. The van der Waals surface area contributed by atoms with Gasteiger partial charge in [0.05, 0.1) is 0 Å². The first-order valence-electron chi connectivity index (χ1n) is 7.80. The van der Waals surface area contributed by atoms with Gasteiger partial charge in [0, 0.05) is 12.2 Å². The number of hydrogen-bond acceptors (Lipinski definition) is 2. The molecule has 1 spiro atoms. The van der Waals surface area contributed by atoms with Crippen molar-refractivity contribution in [2.24, 2.45) is 5.92 Å². The van der Waals surface area contributed by atoms with Gasteiger partial charge in [0.25, 0.3) is 0 Å². The van der Waals surface area contributed by atoms with E-state index in [4.69, 9.17) is 0 Å². The van der Waals surface area contributed by atoms with Crippen molar-refractivity contribution in [2.45, 2.75) is 76.3 Å². The van der Waals surface area contributed by atoms with Crippen LogP contribution in [0, 0.1) is 5.92 Å². The van der Waals surface area contributed by atoms with E-state index in [1.165, 1.54) is 51.4 Å². The Morgan fingerprint density at radius 3 is 3.06 bits per heavy atom. The zero-order valence-corrected chi connectivity index (χ0v) is 11.5. The van der Waals surface area contributed by atoms with Crippen LogP contribution in [0.3, 0.4) is 0 Å². The molecule has 2 nitrogen and oxygen atoms in total. The molecule has 18 heavy (non-hydrogen) atoms. The van der Waals surface area contributed by atoms with Crippen LogP contribution in [0.15, 0.2) is 12.3 Å². The van der Waals surface area contributed by atoms with Crippen LogP contribution in [0.5, 0.6) is 0 Å². The van der Waals surface area contributed by atoms with E-state index in [0.29, 0.717) is 17.7 Å². The molecule has 1 saturated heterocycles. The highest BCUT2D eigenvalue weighted by Crippen LogP contribution is 2.49. The lowest BCUT2D eigenvalue weighted by Crippen LogP contribution is -2.61. The van der Waals surface area contributed by atoms with Gasteiger partial charge >= 0.3 is 0 Å². The van der Waals surface area contributed by atoms with Gasteiger partial charge in [0.2, 0.25) is 0 Å². The number of unbranched alkanes of at least 4 members (excludes halogenated alkanes) is 1. The SMILES string of the molecule is CCCC[C@H]1CC[C@H]2CCCC[C@]23C(=O)C=CN13. The van der Waals surface area contributed by atoms with Crippen molar-refractivity contribution < 1.29 is 4.79 Å².